The number of rotatable bonds is 5. The Kier molecular flexibility index (Phi) is 5.03. The van der Waals surface area contributed by atoms with Crippen LogP contribution in [-0.2, 0) is 12.8 Å². The van der Waals surface area contributed by atoms with E-state index in [-0.39, 0.29) is 6.04 Å². The lowest BCUT2D eigenvalue weighted by atomic mass is 9.96. The Bertz CT molecular complexity index is 619. The van der Waals surface area contributed by atoms with Crippen LogP contribution in [-0.4, -0.2) is 13.2 Å². The molecule has 2 heteroatoms. The topological polar surface area (TPSA) is 35.2 Å². The predicted octanol–water partition coefficient (Wildman–Crippen LogP) is 3.73. The first kappa shape index (κ1) is 15.6. The molecule has 0 aliphatic carbocycles. The summed E-state index contributed by atoms with van der Waals surface area (Å²) in [6, 6.07) is 12.9. The minimum Gasteiger partial charge on any atom is -0.496 e. The summed E-state index contributed by atoms with van der Waals surface area (Å²) in [7, 11) is 1.71. The third kappa shape index (κ3) is 4.08. The standard InChI is InChI=1S/C19H25NO/c1-13-5-8-19(21-4)17(9-13)12-18(20)11-16-7-6-14(2)15(3)10-16/h5-10,18H,11-12,20H2,1-4H3. The Morgan fingerprint density at radius 2 is 1.71 bits per heavy atom. The highest BCUT2D eigenvalue weighted by Gasteiger charge is 2.10. The third-order valence-electron chi connectivity index (χ3n) is 3.99. The molecule has 2 aromatic carbocycles. The first-order valence-corrected chi connectivity index (χ1v) is 7.45. The average Bonchev–Trinajstić information content (AvgIpc) is 2.43. The molecule has 0 heterocycles. The summed E-state index contributed by atoms with van der Waals surface area (Å²) >= 11 is 0. The maximum atomic E-state index is 6.34. The molecule has 0 spiro atoms. The summed E-state index contributed by atoms with van der Waals surface area (Å²) < 4.78 is 5.43. The molecule has 0 amide bonds. The molecule has 0 aliphatic heterocycles. The molecule has 2 aromatic rings. The Labute approximate surface area is 127 Å². The molecule has 2 rings (SSSR count). The number of aryl methyl sites for hydroxylation is 3. The Balaban J connectivity index is 2.09. The van der Waals surface area contributed by atoms with Gasteiger partial charge in [0.2, 0.25) is 0 Å². The maximum absolute atomic E-state index is 6.34. The van der Waals surface area contributed by atoms with E-state index in [1.165, 1.54) is 27.8 Å². The van der Waals surface area contributed by atoms with Gasteiger partial charge in [-0.15, -0.1) is 0 Å². The van der Waals surface area contributed by atoms with Gasteiger partial charge in [-0.1, -0.05) is 35.9 Å². The van der Waals surface area contributed by atoms with E-state index in [9.17, 15) is 0 Å². The van der Waals surface area contributed by atoms with E-state index in [1.807, 2.05) is 6.07 Å². The molecule has 0 saturated heterocycles. The van der Waals surface area contributed by atoms with Crippen molar-refractivity contribution >= 4 is 0 Å². The fourth-order valence-corrected chi connectivity index (χ4v) is 2.65. The van der Waals surface area contributed by atoms with Crippen LogP contribution in [0.5, 0.6) is 5.75 Å². The van der Waals surface area contributed by atoms with E-state index < -0.39 is 0 Å². The van der Waals surface area contributed by atoms with E-state index in [0.717, 1.165) is 18.6 Å². The molecule has 0 aliphatic rings. The molecule has 112 valence electrons. The van der Waals surface area contributed by atoms with Crippen molar-refractivity contribution in [3.05, 3.63) is 64.2 Å². The van der Waals surface area contributed by atoms with Gasteiger partial charge in [-0.25, -0.2) is 0 Å². The lowest BCUT2D eigenvalue weighted by molar-refractivity contribution is 0.407. The second kappa shape index (κ2) is 6.77. The maximum Gasteiger partial charge on any atom is 0.122 e. The number of methoxy groups -OCH3 is 1. The van der Waals surface area contributed by atoms with Crippen molar-refractivity contribution in [1.82, 2.24) is 0 Å². The molecule has 0 aromatic heterocycles. The molecule has 0 radical (unpaired) electrons. The van der Waals surface area contributed by atoms with Crippen LogP contribution >= 0.6 is 0 Å². The summed E-state index contributed by atoms with van der Waals surface area (Å²) in [5.74, 6) is 0.927. The van der Waals surface area contributed by atoms with Crippen molar-refractivity contribution in [2.75, 3.05) is 7.11 Å². The van der Waals surface area contributed by atoms with Crippen molar-refractivity contribution in [3.63, 3.8) is 0 Å². The minimum absolute atomic E-state index is 0.0998. The van der Waals surface area contributed by atoms with Gasteiger partial charge >= 0.3 is 0 Å². The normalized spacial score (nSPS) is 12.2. The van der Waals surface area contributed by atoms with E-state index in [2.05, 4.69) is 51.1 Å². The van der Waals surface area contributed by atoms with Gasteiger partial charge < -0.3 is 10.5 Å². The van der Waals surface area contributed by atoms with Crippen LogP contribution in [0, 0.1) is 20.8 Å². The average molecular weight is 283 g/mol. The highest BCUT2D eigenvalue weighted by Crippen LogP contribution is 2.22. The van der Waals surface area contributed by atoms with E-state index in [1.54, 1.807) is 7.11 Å². The number of ether oxygens (including phenoxy) is 1. The largest absolute Gasteiger partial charge is 0.496 e. The molecule has 2 N–H and O–H groups in total. The second-order valence-corrected chi connectivity index (χ2v) is 5.90. The van der Waals surface area contributed by atoms with Gasteiger partial charge in [0.1, 0.15) is 5.75 Å². The van der Waals surface area contributed by atoms with Crippen LogP contribution in [0.4, 0.5) is 0 Å². The first-order valence-electron chi connectivity index (χ1n) is 7.45. The number of hydrogen-bond acceptors (Lipinski definition) is 2. The van der Waals surface area contributed by atoms with E-state index in [0.29, 0.717) is 0 Å². The predicted molar refractivity (Wildman–Crippen MR) is 89.0 cm³/mol. The Hall–Kier alpha value is -1.80. The number of nitrogens with two attached hydrogens (primary N) is 1. The molecule has 1 atom stereocenters. The van der Waals surface area contributed by atoms with Crippen LogP contribution in [0.15, 0.2) is 36.4 Å². The van der Waals surface area contributed by atoms with Gasteiger partial charge in [0, 0.05) is 6.04 Å². The Morgan fingerprint density at radius 1 is 0.952 bits per heavy atom. The number of benzene rings is 2. The van der Waals surface area contributed by atoms with Gasteiger partial charge in [0.15, 0.2) is 0 Å². The quantitative estimate of drug-likeness (QED) is 0.907. The van der Waals surface area contributed by atoms with Crippen molar-refractivity contribution in [1.29, 1.82) is 0 Å². The summed E-state index contributed by atoms with van der Waals surface area (Å²) in [6.45, 7) is 6.38. The van der Waals surface area contributed by atoms with Gasteiger partial charge in [-0.2, -0.15) is 0 Å². The highest BCUT2D eigenvalue weighted by molar-refractivity contribution is 5.38. The molecular weight excluding hydrogens is 258 g/mol. The fourth-order valence-electron chi connectivity index (χ4n) is 2.65. The third-order valence-corrected chi connectivity index (χ3v) is 3.99. The van der Waals surface area contributed by atoms with Crippen LogP contribution in [0.25, 0.3) is 0 Å². The zero-order valence-corrected chi connectivity index (χ0v) is 13.4. The molecule has 2 nitrogen and oxygen atoms in total. The lowest BCUT2D eigenvalue weighted by Crippen LogP contribution is -2.25. The molecule has 0 saturated carbocycles. The van der Waals surface area contributed by atoms with Gasteiger partial charge in [0.05, 0.1) is 7.11 Å². The smallest absolute Gasteiger partial charge is 0.122 e. The van der Waals surface area contributed by atoms with Gasteiger partial charge in [-0.3, -0.25) is 0 Å². The summed E-state index contributed by atoms with van der Waals surface area (Å²) in [5, 5.41) is 0. The lowest BCUT2D eigenvalue weighted by Gasteiger charge is -2.15. The molecule has 0 fully saturated rings. The second-order valence-electron chi connectivity index (χ2n) is 5.90. The summed E-state index contributed by atoms with van der Waals surface area (Å²) in [5.41, 5.74) is 12.7. The van der Waals surface area contributed by atoms with Crippen molar-refractivity contribution in [3.8, 4) is 5.75 Å². The zero-order valence-electron chi connectivity index (χ0n) is 13.4. The van der Waals surface area contributed by atoms with Gasteiger partial charge in [-0.05, 0) is 61.9 Å². The molecule has 0 bridgehead atoms. The zero-order chi connectivity index (χ0) is 15.4. The summed E-state index contributed by atoms with van der Waals surface area (Å²) in [6.07, 6.45) is 1.72. The number of hydrogen-bond donors (Lipinski definition) is 1. The first-order chi connectivity index (χ1) is 9.99. The Morgan fingerprint density at radius 3 is 2.38 bits per heavy atom. The van der Waals surface area contributed by atoms with E-state index >= 15 is 0 Å². The van der Waals surface area contributed by atoms with Gasteiger partial charge in [0.25, 0.3) is 0 Å². The molecule has 1 unspecified atom stereocenters. The van der Waals surface area contributed by atoms with Crippen molar-refractivity contribution < 1.29 is 4.74 Å². The molecular formula is C19H25NO. The minimum atomic E-state index is 0.0998. The van der Waals surface area contributed by atoms with Crippen LogP contribution in [0.2, 0.25) is 0 Å². The SMILES string of the molecule is COc1ccc(C)cc1CC(N)Cc1ccc(C)c(C)c1. The van der Waals surface area contributed by atoms with Crippen LogP contribution in [0.1, 0.15) is 27.8 Å². The van der Waals surface area contributed by atoms with E-state index in [4.69, 9.17) is 10.5 Å². The van der Waals surface area contributed by atoms with Crippen molar-refractivity contribution in [2.24, 2.45) is 5.73 Å². The monoisotopic (exact) mass is 283 g/mol. The van der Waals surface area contributed by atoms with Crippen molar-refractivity contribution in [2.45, 2.75) is 39.7 Å². The highest BCUT2D eigenvalue weighted by atomic mass is 16.5. The fraction of sp³-hybridized carbons (Fsp3) is 0.368. The van der Waals surface area contributed by atoms with Crippen LogP contribution < -0.4 is 10.5 Å². The summed E-state index contributed by atoms with van der Waals surface area (Å²) in [4.78, 5) is 0. The van der Waals surface area contributed by atoms with Crippen LogP contribution in [0.3, 0.4) is 0 Å². The molecule has 21 heavy (non-hydrogen) atoms.